The lowest BCUT2D eigenvalue weighted by atomic mass is 10.0. The number of aliphatic imine (C=N–C) groups is 1. The third kappa shape index (κ3) is 6.51. The van der Waals surface area contributed by atoms with Crippen molar-refractivity contribution >= 4 is 29.9 Å². The Morgan fingerprint density at radius 2 is 1.87 bits per heavy atom. The van der Waals surface area contributed by atoms with Gasteiger partial charge in [-0.1, -0.05) is 12.1 Å². The van der Waals surface area contributed by atoms with Crippen LogP contribution in [-0.2, 0) is 4.74 Å². The first kappa shape index (κ1) is 23.7. The van der Waals surface area contributed by atoms with E-state index in [1.54, 1.807) is 12.1 Å². The van der Waals surface area contributed by atoms with Crippen LogP contribution in [0.2, 0.25) is 0 Å². The van der Waals surface area contributed by atoms with Crippen LogP contribution in [0.1, 0.15) is 30.9 Å². The Hall–Kier alpha value is -0.970. The average molecular weight is 531 g/mol. The molecule has 0 amide bonds. The van der Waals surface area contributed by atoms with E-state index in [9.17, 15) is 4.39 Å². The van der Waals surface area contributed by atoms with Crippen molar-refractivity contribution in [2.75, 3.05) is 59.5 Å². The topological polar surface area (TPSA) is 52.1 Å². The van der Waals surface area contributed by atoms with E-state index >= 15 is 0 Å². The quantitative estimate of drug-likeness (QED) is 0.322. The fraction of sp³-hybridized carbons (Fsp3) is 0.682. The lowest BCUT2D eigenvalue weighted by Gasteiger charge is -2.35. The summed E-state index contributed by atoms with van der Waals surface area (Å²) in [6, 6.07) is 7.89. The second-order valence-electron chi connectivity index (χ2n) is 8.43. The van der Waals surface area contributed by atoms with Gasteiger partial charge < -0.3 is 20.3 Å². The highest BCUT2D eigenvalue weighted by molar-refractivity contribution is 14.0. The summed E-state index contributed by atoms with van der Waals surface area (Å²) in [4.78, 5) is 9.47. The highest BCUT2D eigenvalue weighted by Crippen LogP contribution is 2.31. The van der Waals surface area contributed by atoms with Crippen LogP contribution in [0.5, 0.6) is 0 Å². The maximum atomic E-state index is 13.4. The van der Waals surface area contributed by atoms with Gasteiger partial charge in [-0.3, -0.25) is 9.89 Å². The van der Waals surface area contributed by atoms with Gasteiger partial charge in [0.1, 0.15) is 5.82 Å². The molecule has 2 atom stereocenters. The van der Waals surface area contributed by atoms with Crippen molar-refractivity contribution in [1.82, 2.24) is 20.4 Å². The molecule has 2 N–H and O–H groups in total. The summed E-state index contributed by atoms with van der Waals surface area (Å²) in [5, 5.41) is 7.02. The molecule has 1 aromatic carbocycles. The molecule has 6 nitrogen and oxygen atoms in total. The van der Waals surface area contributed by atoms with Crippen molar-refractivity contribution in [2.45, 2.75) is 31.3 Å². The zero-order valence-corrected chi connectivity index (χ0v) is 20.2. The molecular weight excluding hydrogens is 496 g/mol. The summed E-state index contributed by atoms with van der Waals surface area (Å²) in [5.74, 6) is 1.34. The van der Waals surface area contributed by atoms with E-state index in [-0.39, 0.29) is 35.8 Å². The molecule has 2 aliphatic heterocycles. The molecule has 2 saturated heterocycles. The van der Waals surface area contributed by atoms with E-state index < -0.39 is 0 Å². The van der Waals surface area contributed by atoms with Crippen molar-refractivity contribution in [2.24, 2.45) is 10.9 Å². The van der Waals surface area contributed by atoms with Crippen molar-refractivity contribution in [3.8, 4) is 0 Å². The van der Waals surface area contributed by atoms with Gasteiger partial charge in [-0.15, -0.1) is 24.0 Å². The summed E-state index contributed by atoms with van der Waals surface area (Å²) in [6.45, 7) is 7.39. The Morgan fingerprint density at radius 1 is 1.13 bits per heavy atom. The normalized spacial score (nSPS) is 24.3. The Bertz CT molecular complexity index is 679. The largest absolute Gasteiger partial charge is 0.379 e. The fourth-order valence-corrected chi connectivity index (χ4v) is 4.49. The molecule has 30 heavy (non-hydrogen) atoms. The van der Waals surface area contributed by atoms with Crippen molar-refractivity contribution < 1.29 is 9.13 Å². The van der Waals surface area contributed by atoms with Crippen LogP contribution in [0.3, 0.4) is 0 Å². The second kappa shape index (κ2) is 11.6. The zero-order chi connectivity index (χ0) is 20.1. The maximum Gasteiger partial charge on any atom is 0.191 e. The van der Waals surface area contributed by atoms with E-state index in [2.05, 4.69) is 25.4 Å². The van der Waals surface area contributed by atoms with Crippen LogP contribution in [0.4, 0.5) is 4.39 Å². The van der Waals surface area contributed by atoms with Crippen LogP contribution >= 0.6 is 24.0 Å². The number of morpholine rings is 1. The standard InChI is InChI=1S/C22H34FN5O.HI/c1-24-22(25-14-17-8-9-28(16-17)20-6-7-20)26-15-21(27-10-12-29-13-11-27)18-2-4-19(23)5-3-18;/h2-5,17,20-21H,6-16H2,1H3,(H2,24,25,26);1H. The number of nitrogens with zero attached hydrogens (tertiary/aromatic N) is 3. The predicted molar refractivity (Wildman–Crippen MR) is 129 cm³/mol. The first-order chi connectivity index (χ1) is 14.2. The number of nitrogens with one attached hydrogen (secondary N) is 2. The molecule has 1 aliphatic carbocycles. The van der Waals surface area contributed by atoms with Gasteiger partial charge >= 0.3 is 0 Å². The number of ether oxygens (including phenoxy) is 1. The van der Waals surface area contributed by atoms with Crippen molar-refractivity contribution in [3.05, 3.63) is 35.6 Å². The molecular formula is C22H35FIN5O. The number of benzene rings is 1. The van der Waals surface area contributed by atoms with Gasteiger partial charge in [0.15, 0.2) is 5.96 Å². The van der Waals surface area contributed by atoms with Gasteiger partial charge in [0.05, 0.1) is 19.3 Å². The molecule has 0 radical (unpaired) electrons. The summed E-state index contributed by atoms with van der Waals surface area (Å²) in [5.41, 5.74) is 1.12. The van der Waals surface area contributed by atoms with Crippen LogP contribution in [0.15, 0.2) is 29.3 Å². The summed E-state index contributed by atoms with van der Waals surface area (Å²) in [6.07, 6.45) is 4.04. The Labute approximate surface area is 196 Å². The Balaban J connectivity index is 0.00000256. The minimum Gasteiger partial charge on any atom is -0.379 e. The molecule has 2 heterocycles. The third-order valence-electron chi connectivity index (χ3n) is 6.37. The molecule has 0 bridgehead atoms. The van der Waals surface area contributed by atoms with Crippen molar-refractivity contribution in [1.29, 1.82) is 0 Å². The lowest BCUT2D eigenvalue weighted by Crippen LogP contribution is -2.47. The van der Waals surface area contributed by atoms with Gasteiger partial charge in [0.2, 0.25) is 0 Å². The molecule has 0 aromatic heterocycles. The number of rotatable bonds is 7. The molecule has 168 valence electrons. The monoisotopic (exact) mass is 531 g/mol. The van der Waals surface area contributed by atoms with Gasteiger partial charge in [0, 0.05) is 45.8 Å². The van der Waals surface area contributed by atoms with E-state index in [1.165, 1.54) is 32.4 Å². The van der Waals surface area contributed by atoms with Gasteiger partial charge in [-0.25, -0.2) is 4.39 Å². The molecule has 3 fully saturated rings. The third-order valence-corrected chi connectivity index (χ3v) is 6.37. The van der Waals surface area contributed by atoms with E-state index in [0.29, 0.717) is 5.92 Å². The second-order valence-corrected chi connectivity index (χ2v) is 8.43. The predicted octanol–water partition coefficient (Wildman–Crippen LogP) is 2.47. The molecule has 1 saturated carbocycles. The van der Waals surface area contributed by atoms with Crippen LogP contribution in [0.25, 0.3) is 0 Å². The first-order valence-corrected chi connectivity index (χ1v) is 11.0. The van der Waals surface area contributed by atoms with E-state index in [0.717, 1.165) is 57.0 Å². The molecule has 2 unspecified atom stereocenters. The Kier molecular flexibility index (Phi) is 9.15. The molecule has 0 spiro atoms. The maximum absolute atomic E-state index is 13.4. The molecule has 3 aliphatic rings. The van der Waals surface area contributed by atoms with E-state index in [4.69, 9.17) is 4.74 Å². The minimum atomic E-state index is -0.197. The SMILES string of the molecule is CN=C(NCC1CCN(C2CC2)C1)NCC(c1ccc(F)cc1)N1CCOCC1.I. The summed E-state index contributed by atoms with van der Waals surface area (Å²) in [7, 11) is 1.82. The lowest BCUT2D eigenvalue weighted by molar-refractivity contribution is 0.0170. The molecule has 8 heteroatoms. The van der Waals surface area contributed by atoms with Gasteiger partial charge in [-0.2, -0.15) is 0 Å². The number of hydrogen-bond donors (Lipinski definition) is 2. The zero-order valence-electron chi connectivity index (χ0n) is 17.9. The first-order valence-electron chi connectivity index (χ1n) is 11.0. The number of guanidine groups is 1. The van der Waals surface area contributed by atoms with Gasteiger partial charge in [0.25, 0.3) is 0 Å². The van der Waals surface area contributed by atoms with Crippen LogP contribution in [-0.4, -0.2) is 81.3 Å². The fourth-order valence-electron chi connectivity index (χ4n) is 4.49. The molecule has 1 aromatic rings. The number of likely N-dealkylation sites (tertiary alicyclic amines) is 1. The van der Waals surface area contributed by atoms with Crippen LogP contribution in [0, 0.1) is 11.7 Å². The highest BCUT2D eigenvalue weighted by Gasteiger charge is 2.34. The summed E-state index contributed by atoms with van der Waals surface area (Å²) < 4.78 is 18.9. The van der Waals surface area contributed by atoms with E-state index in [1.807, 2.05) is 19.2 Å². The number of halogens is 2. The van der Waals surface area contributed by atoms with Crippen LogP contribution < -0.4 is 10.6 Å². The minimum absolute atomic E-state index is 0. The highest BCUT2D eigenvalue weighted by atomic mass is 127. The smallest absolute Gasteiger partial charge is 0.191 e. The van der Waals surface area contributed by atoms with Crippen molar-refractivity contribution in [3.63, 3.8) is 0 Å². The molecule has 4 rings (SSSR count). The number of hydrogen-bond acceptors (Lipinski definition) is 4. The summed E-state index contributed by atoms with van der Waals surface area (Å²) >= 11 is 0. The van der Waals surface area contributed by atoms with Gasteiger partial charge in [-0.05, 0) is 49.4 Å². The Morgan fingerprint density at radius 3 is 2.53 bits per heavy atom. The average Bonchev–Trinajstić information content (AvgIpc) is 3.50.